The third kappa shape index (κ3) is 4.26. The number of nitrogens with zero attached hydrogens (tertiary/aromatic N) is 1. The van der Waals surface area contributed by atoms with Gasteiger partial charge in [0.2, 0.25) is 0 Å². The van der Waals surface area contributed by atoms with Crippen molar-refractivity contribution in [2.24, 2.45) is 0 Å². The fraction of sp³-hybridized carbons (Fsp3) is 0.261. The van der Waals surface area contributed by atoms with E-state index in [1.165, 1.54) is 16.3 Å². The monoisotopic (exact) mass is 378 g/mol. The number of fused-ring (bicyclic) bond motifs is 1. The number of hydrogen-bond donors (Lipinski definition) is 1. The van der Waals surface area contributed by atoms with E-state index in [9.17, 15) is 4.79 Å². The molecule has 1 N–H and O–H groups in total. The van der Waals surface area contributed by atoms with E-state index in [1.807, 2.05) is 26.2 Å². The van der Waals surface area contributed by atoms with Crippen molar-refractivity contribution in [3.63, 3.8) is 0 Å². The molecule has 0 fully saturated rings. The van der Waals surface area contributed by atoms with Gasteiger partial charge in [-0.2, -0.15) is 0 Å². The molecule has 0 saturated heterocycles. The van der Waals surface area contributed by atoms with Crippen molar-refractivity contribution < 1.29 is 14.3 Å². The number of likely N-dealkylation sites (N-methyl/N-ethyl adjacent to an activating group) is 1. The zero-order valence-corrected chi connectivity index (χ0v) is 16.7. The summed E-state index contributed by atoms with van der Waals surface area (Å²) < 4.78 is 10.5. The van der Waals surface area contributed by atoms with Crippen molar-refractivity contribution in [1.29, 1.82) is 0 Å². The molecular formula is C23H26N2O3. The molecule has 0 aliphatic heterocycles. The number of hydrogen-bond acceptors (Lipinski definition) is 4. The number of amides is 1. The Balaban J connectivity index is 1.83. The molecule has 0 aliphatic rings. The number of rotatable bonds is 7. The van der Waals surface area contributed by atoms with Crippen molar-refractivity contribution in [3.05, 3.63) is 71.8 Å². The van der Waals surface area contributed by atoms with Gasteiger partial charge in [0.15, 0.2) is 0 Å². The molecule has 0 aliphatic carbocycles. The fourth-order valence-corrected chi connectivity index (χ4v) is 3.34. The van der Waals surface area contributed by atoms with Crippen molar-refractivity contribution in [1.82, 2.24) is 10.2 Å². The molecule has 5 heteroatoms. The van der Waals surface area contributed by atoms with Crippen LogP contribution < -0.4 is 14.8 Å². The van der Waals surface area contributed by atoms with Gasteiger partial charge < -0.3 is 19.7 Å². The van der Waals surface area contributed by atoms with E-state index in [0.717, 1.165) is 0 Å². The first-order chi connectivity index (χ1) is 13.5. The molecule has 146 valence electrons. The lowest BCUT2D eigenvalue weighted by Crippen LogP contribution is -2.34. The van der Waals surface area contributed by atoms with Crippen LogP contribution in [0.1, 0.15) is 22.0 Å². The average Bonchev–Trinajstić information content (AvgIpc) is 2.73. The lowest BCUT2D eigenvalue weighted by atomic mass is 9.98. The fourth-order valence-electron chi connectivity index (χ4n) is 3.34. The quantitative estimate of drug-likeness (QED) is 0.678. The second-order valence-corrected chi connectivity index (χ2v) is 6.86. The van der Waals surface area contributed by atoms with Crippen LogP contribution in [0.3, 0.4) is 0 Å². The second-order valence-electron chi connectivity index (χ2n) is 6.86. The molecule has 1 unspecified atom stereocenters. The van der Waals surface area contributed by atoms with Crippen LogP contribution in [0.4, 0.5) is 0 Å². The minimum Gasteiger partial charge on any atom is -0.497 e. The summed E-state index contributed by atoms with van der Waals surface area (Å²) in [5.41, 5.74) is 1.69. The first-order valence-electron chi connectivity index (χ1n) is 9.19. The van der Waals surface area contributed by atoms with Gasteiger partial charge in [-0.3, -0.25) is 4.79 Å². The number of nitrogens with one attached hydrogen (secondary N) is 1. The summed E-state index contributed by atoms with van der Waals surface area (Å²) >= 11 is 0. The maximum absolute atomic E-state index is 12.8. The first-order valence-corrected chi connectivity index (χ1v) is 9.19. The number of carbonyl (C=O) groups excluding carboxylic acids is 1. The summed E-state index contributed by atoms with van der Waals surface area (Å²) in [5, 5.41) is 5.44. The zero-order chi connectivity index (χ0) is 20.1. The average molecular weight is 378 g/mol. The smallest absolute Gasteiger partial charge is 0.251 e. The van der Waals surface area contributed by atoms with Crippen molar-refractivity contribution in [3.8, 4) is 11.5 Å². The highest BCUT2D eigenvalue weighted by molar-refractivity contribution is 5.95. The Labute approximate surface area is 165 Å². The Morgan fingerprint density at radius 1 is 0.964 bits per heavy atom. The summed E-state index contributed by atoms with van der Waals surface area (Å²) in [6, 6.07) is 19.8. The minimum atomic E-state index is -0.163. The Kier molecular flexibility index (Phi) is 6.16. The standard InChI is InChI=1S/C23H26N2O3/c1-25(2)22(21-11-7-9-16-8-5-6-10-20(16)21)15-24-23(26)17-12-18(27-3)14-19(13-17)28-4/h5-14,22H,15H2,1-4H3,(H,24,26). The SMILES string of the molecule is COc1cc(OC)cc(C(=O)NCC(c2cccc3ccccc23)N(C)C)c1. The molecule has 0 saturated carbocycles. The molecule has 0 heterocycles. The number of carbonyl (C=O) groups is 1. The second kappa shape index (κ2) is 8.76. The maximum Gasteiger partial charge on any atom is 0.251 e. The molecule has 3 aromatic carbocycles. The Hall–Kier alpha value is -3.05. The van der Waals surface area contributed by atoms with E-state index in [-0.39, 0.29) is 11.9 Å². The topological polar surface area (TPSA) is 50.8 Å². The molecule has 0 aromatic heterocycles. The normalized spacial score (nSPS) is 12.0. The van der Waals surface area contributed by atoms with Gasteiger partial charge >= 0.3 is 0 Å². The number of ether oxygens (including phenoxy) is 2. The van der Waals surface area contributed by atoms with Gasteiger partial charge in [-0.15, -0.1) is 0 Å². The van der Waals surface area contributed by atoms with Gasteiger partial charge in [0.1, 0.15) is 11.5 Å². The summed E-state index contributed by atoms with van der Waals surface area (Å²) in [4.78, 5) is 14.9. The van der Waals surface area contributed by atoms with Crippen LogP contribution >= 0.6 is 0 Å². The van der Waals surface area contributed by atoms with Crippen LogP contribution in [0, 0.1) is 0 Å². The van der Waals surface area contributed by atoms with E-state index in [0.29, 0.717) is 23.6 Å². The molecule has 1 amide bonds. The lowest BCUT2D eigenvalue weighted by Gasteiger charge is -2.26. The minimum absolute atomic E-state index is 0.0440. The predicted octanol–water partition coefficient (Wildman–Crippen LogP) is 3.89. The molecule has 3 rings (SSSR count). The van der Waals surface area contributed by atoms with Gasteiger partial charge in [-0.25, -0.2) is 0 Å². The van der Waals surface area contributed by atoms with Gasteiger partial charge in [0.25, 0.3) is 5.91 Å². The largest absolute Gasteiger partial charge is 0.497 e. The van der Waals surface area contributed by atoms with Gasteiger partial charge in [0, 0.05) is 18.2 Å². The predicted molar refractivity (Wildman–Crippen MR) is 112 cm³/mol. The highest BCUT2D eigenvalue weighted by Gasteiger charge is 2.18. The summed E-state index contributed by atoms with van der Waals surface area (Å²) in [7, 11) is 7.18. The van der Waals surface area contributed by atoms with Gasteiger partial charge in [0.05, 0.1) is 20.3 Å². The molecule has 0 bridgehead atoms. The number of benzene rings is 3. The van der Waals surface area contributed by atoms with Crippen LogP contribution in [0.2, 0.25) is 0 Å². The molecule has 1 atom stereocenters. The molecule has 3 aromatic rings. The van der Waals surface area contributed by atoms with Crippen molar-refractivity contribution in [2.75, 3.05) is 34.9 Å². The molecule has 5 nitrogen and oxygen atoms in total. The van der Waals surface area contributed by atoms with Crippen LogP contribution in [0.15, 0.2) is 60.7 Å². The van der Waals surface area contributed by atoms with E-state index >= 15 is 0 Å². The Morgan fingerprint density at radius 3 is 2.25 bits per heavy atom. The molecule has 0 spiro atoms. The molecular weight excluding hydrogens is 352 g/mol. The van der Waals surface area contributed by atoms with Crippen molar-refractivity contribution >= 4 is 16.7 Å². The summed E-state index contributed by atoms with van der Waals surface area (Å²) in [6.45, 7) is 0.485. The van der Waals surface area contributed by atoms with Crippen LogP contribution in [0.5, 0.6) is 11.5 Å². The Morgan fingerprint density at radius 2 is 1.61 bits per heavy atom. The third-order valence-electron chi connectivity index (χ3n) is 4.88. The summed E-state index contributed by atoms with van der Waals surface area (Å²) in [5.74, 6) is 1.01. The van der Waals surface area contributed by atoms with Crippen molar-refractivity contribution in [2.45, 2.75) is 6.04 Å². The number of methoxy groups -OCH3 is 2. The third-order valence-corrected chi connectivity index (χ3v) is 4.88. The van der Waals surface area contributed by atoms with E-state index in [1.54, 1.807) is 32.4 Å². The lowest BCUT2D eigenvalue weighted by molar-refractivity contribution is 0.0941. The summed E-state index contributed by atoms with van der Waals surface area (Å²) in [6.07, 6.45) is 0. The van der Waals surface area contributed by atoms with Gasteiger partial charge in [-0.1, -0.05) is 42.5 Å². The van der Waals surface area contributed by atoms with E-state index in [2.05, 4.69) is 40.5 Å². The van der Waals surface area contributed by atoms with Crippen LogP contribution in [-0.2, 0) is 0 Å². The van der Waals surface area contributed by atoms with E-state index in [4.69, 9.17) is 9.47 Å². The van der Waals surface area contributed by atoms with Gasteiger partial charge in [-0.05, 0) is 42.6 Å². The zero-order valence-electron chi connectivity index (χ0n) is 16.7. The highest BCUT2D eigenvalue weighted by atomic mass is 16.5. The molecule has 28 heavy (non-hydrogen) atoms. The van der Waals surface area contributed by atoms with E-state index < -0.39 is 0 Å². The van der Waals surface area contributed by atoms with Crippen LogP contribution in [-0.4, -0.2) is 45.7 Å². The maximum atomic E-state index is 12.8. The molecule has 0 radical (unpaired) electrons. The highest BCUT2D eigenvalue weighted by Crippen LogP contribution is 2.27. The van der Waals surface area contributed by atoms with Crippen LogP contribution in [0.25, 0.3) is 10.8 Å². The Bertz CT molecular complexity index is 941. The first kappa shape index (κ1) is 19.7.